The van der Waals surface area contributed by atoms with Crippen LogP contribution in [0.4, 0.5) is 0 Å². The van der Waals surface area contributed by atoms with E-state index in [-0.39, 0.29) is 0 Å². The summed E-state index contributed by atoms with van der Waals surface area (Å²) < 4.78 is 3.00. The first-order chi connectivity index (χ1) is 6.17. The van der Waals surface area contributed by atoms with E-state index in [0.29, 0.717) is 0 Å². The van der Waals surface area contributed by atoms with Gasteiger partial charge in [-0.25, -0.2) is 0 Å². The molecule has 0 N–H and O–H groups in total. The molecule has 0 heterocycles. The number of hydrogen-bond acceptors (Lipinski definition) is 0. The summed E-state index contributed by atoms with van der Waals surface area (Å²) in [6, 6.07) is 11.0. The van der Waals surface area contributed by atoms with Gasteiger partial charge in [-0.1, -0.05) is 0 Å². The Kier molecular flexibility index (Phi) is 4.04. The molecule has 1 heteroatoms. The molecule has 0 aromatic heterocycles. The third kappa shape index (κ3) is 3.18. The van der Waals surface area contributed by atoms with Crippen LogP contribution in [0.25, 0.3) is 0 Å². The molecule has 0 bridgehead atoms. The van der Waals surface area contributed by atoms with Gasteiger partial charge in [0.2, 0.25) is 0 Å². The van der Waals surface area contributed by atoms with E-state index in [1.165, 1.54) is 10.9 Å². The van der Waals surface area contributed by atoms with E-state index in [9.17, 15) is 0 Å². The van der Waals surface area contributed by atoms with Gasteiger partial charge in [0, 0.05) is 0 Å². The summed E-state index contributed by atoms with van der Waals surface area (Å²) in [6.07, 6.45) is 3.22. The Morgan fingerprint density at radius 3 is 2.38 bits per heavy atom. The van der Waals surface area contributed by atoms with Crippen molar-refractivity contribution in [3.63, 3.8) is 0 Å². The van der Waals surface area contributed by atoms with Gasteiger partial charge >= 0.3 is 85.7 Å². The molecule has 1 aromatic carbocycles. The molecular formula is C12H18Sn. The molecule has 0 aliphatic carbocycles. The fourth-order valence-electron chi connectivity index (χ4n) is 1.50. The molecule has 0 nitrogen and oxygen atoms in total. The molecule has 0 radical (unpaired) electrons. The van der Waals surface area contributed by atoms with Crippen molar-refractivity contribution >= 4 is 22.0 Å². The van der Waals surface area contributed by atoms with Crippen LogP contribution in [0.5, 0.6) is 0 Å². The first-order valence-electron chi connectivity index (χ1n) is 4.83. The van der Waals surface area contributed by atoms with Gasteiger partial charge in [0.25, 0.3) is 0 Å². The van der Waals surface area contributed by atoms with Gasteiger partial charge < -0.3 is 0 Å². The molecule has 0 atom stereocenters. The maximum atomic E-state index is 3.79. The molecule has 0 saturated heterocycles. The maximum absolute atomic E-state index is 3.79. The van der Waals surface area contributed by atoms with Crippen LogP contribution in [0.1, 0.15) is 6.42 Å². The monoisotopic (exact) mass is 282 g/mol. The third-order valence-corrected chi connectivity index (χ3v) is 12.3. The Labute approximate surface area is 85.5 Å². The number of rotatable bonds is 4. The van der Waals surface area contributed by atoms with E-state index in [1.54, 1.807) is 3.58 Å². The van der Waals surface area contributed by atoms with E-state index in [0.717, 1.165) is 0 Å². The van der Waals surface area contributed by atoms with Gasteiger partial charge in [-0.2, -0.15) is 0 Å². The predicted molar refractivity (Wildman–Crippen MR) is 63.2 cm³/mol. The molecule has 0 unspecified atom stereocenters. The molecule has 0 saturated carbocycles. The molecule has 1 rings (SSSR count). The van der Waals surface area contributed by atoms with Gasteiger partial charge in [-0.15, -0.1) is 0 Å². The van der Waals surface area contributed by atoms with Crippen molar-refractivity contribution < 1.29 is 0 Å². The van der Waals surface area contributed by atoms with Crippen molar-refractivity contribution in [1.82, 2.24) is 0 Å². The van der Waals surface area contributed by atoms with Crippen molar-refractivity contribution in [1.29, 1.82) is 0 Å². The summed E-state index contributed by atoms with van der Waals surface area (Å²) in [6.45, 7) is 3.79. The molecule has 70 valence electrons. The fourth-order valence-corrected chi connectivity index (χ4v) is 8.09. The van der Waals surface area contributed by atoms with Crippen molar-refractivity contribution in [2.24, 2.45) is 0 Å². The Balaban J connectivity index is 2.74. The van der Waals surface area contributed by atoms with Gasteiger partial charge in [-0.3, -0.25) is 0 Å². The first kappa shape index (κ1) is 10.8. The number of benzene rings is 1. The molecule has 1 aromatic rings. The molecule has 0 aliphatic rings. The van der Waals surface area contributed by atoms with Crippen molar-refractivity contribution in [3.8, 4) is 0 Å². The van der Waals surface area contributed by atoms with E-state index >= 15 is 0 Å². The fraction of sp³-hybridized carbons (Fsp3) is 0.333. The Bertz CT molecular complexity index is 262. The van der Waals surface area contributed by atoms with Crippen LogP contribution in [0.15, 0.2) is 43.0 Å². The minimum absolute atomic E-state index is 1.18. The average Bonchev–Trinajstić information content (AvgIpc) is 2.16. The van der Waals surface area contributed by atoms with Gasteiger partial charge in [0.15, 0.2) is 0 Å². The van der Waals surface area contributed by atoms with Crippen LogP contribution < -0.4 is 3.58 Å². The molecule has 0 amide bonds. The summed E-state index contributed by atoms with van der Waals surface area (Å²) in [5, 5.41) is 0. The first-order valence-corrected chi connectivity index (χ1v) is 14.0. The molecular weight excluding hydrogens is 263 g/mol. The number of allylic oxidation sites excluding steroid dienone is 1. The normalized spacial score (nSPS) is 11.2. The number of hydrogen-bond donors (Lipinski definition) is 0. The van der Waals surface area contributed by atoms with Gasteiger partial charge in [0.1, 0.15) is 0 Å². The van der Waals surface area contributed by atoms with E-state index in [4.69, 9.17) is 0 Å². The van der Waals surface area contributed by atoms with Gasteiger partial charge in [-0.05, 0) is 0 Å². The molecule has 13 heavy (non-hydrogen) atoms. The summed E-state index contributed by atoms with van der Waals surface area (Å²) in [4.78, 5) is 4.99. The topological polar surface area (TPSA) is 0 Å². The van der Waals surface area contributed by atoms with Crippen LogP contribution in [-0.2, 0) is 0 Å². The predicted octanol–water partition coefficient (Wildman–Crippen LogP) is 3.18. The summed E-state index contributed by atoms with van der Waals surface area (Å²) in [5.41, 5.74) is 0. The zero-order chi connectivity index (χ0) is 9.73. The SMILES string of the molecule is C=CC[CH2][Sn]([CH3])([CH3])[c]1ccccc1. The Hall–Kier alpha value is -0.241. The van der Waals surface area contributed by atoms with E-state index < -0.39 is 18.4 Å². The Morgan fingerprint density at radius 1 is 1.23 bits per heavy atom. The van der Waals surface area contributed by atoms with Crippen LogP contribution in [0.3, 0.4) is 0 Å². The second-order valence-corrected chi connectivity index (χ2v) is 17.9. The van der Waals surface area contributed by atoms with E-state index in [1.807, 2.05) is 6.08 Å². The average molecular weight is 281 g/mol. The van der Waals surface area contributed by atoms with Crippen LogP contribution in [-0.4, -0.2) is 18.4 Å². The molecule has 0 aliphatic heterocycles. The van der Waals surface area contributed by atoms with Crippen LogP contribution in [0, 0.1) is 0 Å². The minimum atomic E-state index is -1.91. The van der Waals surface area contributed by atoms with Crippen LogP contribution >= 0.6 is 0 Å². The second-order valence-electron chi connectivity index (χ2n) is 4.08. The van der Waals surface area contributed by atoms with Crippen molar-refractivity contribution in [2.75, 3.05) is 0 Å². The summed E-state index contributed by atoms with van der Waals surface area (Å²) in [7, 11) is 0. The Morgan fingerprint density at radius 2 is 1.85 bits per heavy atom. The van der Waals surface area contributed by atoms with Crippen LogP contribution in [0.2, 0.25) is 14.3 Å². The van der Waals surface area contributed by atoms with Crippen molar-refractivity contribution in [3.05, 3.63) is 43.0 Å². The zero-order valence-corrected chi connectivity index (χ0v) is 11.4. The second kappa shape index (κ2) is 4.85. The van der Waals surface area contributed by atoms with Gasteiger partial charge in [0.05, 0.1) is 0 Å². The van der Waals surface area contributed by atoms with Crippen molar-refractivity contribution in [2.45, 2.75) is 20.7 Å². The quantitative estimate of drug-likeness (QED) is 0.587. The molecule has 0 fully saturated rings. The zero-order valence-electron chi connectivity index (χ0n) is 8.59. The molecule has 0 spiro atoms. The standard InChI is InChI=1S/C6H5.C4H7.2CH3.Sn/c1-2-4-6-5-3-1;1-3-4-2;;;/h1-5H;3H,1-2,4H2;2*1H3;. The summed E-state index contributed by atoms with van der Waals surface area (Å²) in [5.74, 6) is 0. The third-order valence-electron chi connectivity index (χ3n) is 2.53. The van der Waals surface area contributed by atoms with E-state index in [2.05, 4.69) is 46.8 Å². The summed E-state index contributed by atoms with van der Waals surface area (Å²) >= 11 is -1.91.